The molecule has 0 unspecified atom stereocenters. The van der Waals surface area contributed by atoms with Gasteiger partial charge in [0.25, 0.3) is 0 Å². The second kappa shape index (κ2) is 5.21. The maximum atomic E-state index is 4.16. The van der Waals surface area contributed by atoms with Gasteiger partial charge in [-0.05, 0) is 54.5 Å². The zero-order valence-electron chi connectivity index (χ0n) is 10.5. The number of aromatic nitrogens is 1. The van der Waals surface area contributed by atoms with Crippen LogP contribution in [0, 0.1) is 0 Å². The summed E-state index contributed by atoms with van der Waals surface area (Å²) in [7, 11) is 0. The van der Waals surface area contributed by atoms with Gasteiger partial charge in [0, 0.05) is 24.6 Å². The first-order valence-electron chi connectivity index (χ1n) is 6.66. The quantitative estimate of drug-likeness (QED) is 0.888. The van der Waals surface area contributed by atoms with Crippen molar-refractivity contribution in [1.29, 1.82) is 0 Å². The molecule has 0 aliphatic carbocycles. The molecule has 1 N–H and O–H groups in total. The highest BCUT2D eigenvalue weighted by Crippen LogP contribution is 2.23. The molecule has 0 atom stereocenters. The third-order valence-corrected chi connectivity index (χ3v) is 3.53. The number of aryl methyl sites for hydroxylation is 3. The molecule has 3 rings (SSSR count). The summed E-state index contributed by atoms with van der Waals surface area (Å²) in [5.74, 6) is 0. The fraction of sp³-hybridized carbons (Fsp3) is 0.312. The third kappa shape index (κ3) is 2.53. The lowest BCUT2D eigenvalue weighted by atomic mass is 9.98. The van der Waals surface area contributed by atoms with Crippen molar-refractivity contribution in [3.63, 3.8) is 0 Å². The van der Waals surface area contributed by atoms with Gasteiger partial charge in [0.15, 0.2) is 0 Å². The fourth-order valence-corrected chi connectivity index (χ4v) is 2.52. The molecule has 0 fully saturated rings. The Bertz CT molecular complexity index is 520. The van der Waals surface area contributed by atoms with Crippen LogP contribution in [-0.4, -0.2) is 11.5 Å². The second-order valence-corrected chi connectivity index (χ2v) is 4.88. The van der Waals surface area contributed by atoms with Crippen LogP contribution in [0.2, 0.25) is 0 Å². The Morgan fingerprint density at radius 2 is 2.06 bits per heavy atom. The van der Waals surface area contributed by atoms with E-state index >= 15 is 0 Å². The number of anilines is 1. The van der Waals surface area contributed by atoms with Crippen LogP contribution in [0.4, 0.5) is 5.69 Å². The fourth-order valence-electron chi connectivity index (χ4n) is 2.52. The summed E-state index contributed by atoms with van der Waals surface area (Å²) >= 11 is 0. The molecular weight excluding hydrogens is 220 g/mol. The predicted molar refractivity (Wildman–Crippen MR) is 74.9 cm³/mol. The van der Waals surface area contributed by atoms with Gasteiger partial charge in [0.05, 0.1) is 0 Å². The SMILES string of the molecule is c1cncc(CCc2ccc3c(c2)CCCN3)c1. The first kappa shape index (κ1) is 11.3. The number of pyridine rings is 1. The van der Waals surface area contributed by atoms with Crippen LogP contribution >= 0.6 is 0 Å². The Labute approximate surface area is 108 Å². The molecule has 0 amide bonds. The third-order valence-electron chi connectivity index (χ3n) is 3.53. The number of benzene rings is 1. The molecule has 1 aromatic carbocycles. The normalized spacial score (nSPS) is 13.8. The Hall–Kier alpha value is -1.83. The molecule has 1 aliphatic heterocycles. The first-order chi connectivity index (χ1) is 8.92. The summed E-state index contributed by atoms with van der Waals surface area (Å²) in [5.41, 5.74) is 5.55. The monoisotopic (exact) mass is 238 g/mol. The number of nitrogens with one attached hydrogen (secondary N) is 1. The smallest absolute Gasteiger partial charge is 0.0372 e. The van der Waals surface area contributed by atoms with Crippen molar-refractivity contribution in [2.24, 2.45) is 0 Å². The van der Waals surface area contributed by atoms with Gasteiger partial charge in [-0.3, -0.25) is 4.98 Å². The van der Waals surface area contributed by atoms with Crippen LogP contribution < -0.4 is 5.32 Å². The van der Waals surface area contributed by atoms with E-state index in [1.165, 1.54) is 35.2 Å². The number of nitrogens with zero attached hydrogens (tertiary/aromatic N) is 1. The molecule has 2 heteroatoms. The first-order valence-corrected chi connectivity index (χ1v) is 6.66. The number of rotatable bonds is 3. The van der Waals surface area contributed by atoms with E-state index in [1.807, 2.05) is 18.5 Å². The van der Waals surface area contributed by atoms with Crippen LogP contribution in [0.15, 0.2) is 42.7 Å². The minimum atomic E-state index is 1.07. The largest absolute Gasteiger partial charge is 0.385 e. The molecule has 2 heterocycles. The Morgan fingerprint density at radius 1 is 1.11 bits per heavy atom. The van der Waals surface area contributed by atoms with E-state index in [-0.39, 0.29) is 0 Å². The van der Waals surface area contributed by atoms with Crippen molar-refractivity contribution >= 4 is 5.69 Å². The van der Waals surface area contributed by atoms with Gasteiger partial charge in [-0.15, -0.1) is 0 Å². The van der Waals surface area contributed by atoms with Crippen LogP contribution in [0.5, 0.6) is 0 Å². The van der Waals surface area contributed by atoms with Crippen molar-refractivity contribution in [2.45, 2.75) is 25.7 Å². The average molecular weight is 238 g/mol. The van der Waals surface area contributed by atoms with E-state index in [4.69, 9.17) is 0 Å². The van der Waals surface area contributed by atoms with Crippen LogP contribution in [-0.2, 0) is 19.3 Å². The lowest BCUT2D eigenvalue weighted by molar-refractivity contribution is 0.825. The van der Waals surface area contributed by atoms with Gasteiger partial charge in [0.2, 0.25) is 0 Å². The molecule has 1 aromatic heterocycles. The Kier molecular flexibility index (Phi) is 3.26. The number of fused-ring (bicyclic) bond motifs is 1. The van der Waals surface area contributed by atoms with Gasteiger partial charge in [-0.1, -0.05) is 18.2 Å². The van der Waals surface area contributed by atoms with Crippen molar-refractivity contribution in [2.75, 3.05) is 11.9 Å². The average Bonchev–Trinajstić information content (AvgIpc) is 2.46. The van der Waals surface area contributed by atoms with E-state index in [1.54, 1.807) is 0 Å². The van der Waals surface area contributed by atoms with E-state index < -0.39 is 0 Å². The van der Waals surface area contributed by atoms with Crippen LogP contribution in [0.1, 0.15) is 23.1 Å². The summed E-state index contributed by atoms with van der Waals surface area (Å²) < 4.78 is 0. The van der Waals surface area contributed by atoms with E-state index in [0.29, 0.717) is 0 Å². The summed E-state index contributed by atoms with van der Waals surface area (Å²) in [5, 5.41) is 3.45. The van der Waals surface area contributed by atoms with E-state index in [2.05, 4.69) is 34.6 Å². The zero-order valence-corrected chi connectivity index (χ0v) is 10.5. The molecule has 1 aliphatic rings. The lowest BCUT2D eigenvalue weighted by Gasteiger charge is -2.18. The highest BCUT2D eigenvalue weighted by molar-refractivity contribution is 5.54. The van der Waals surface area contributed by atoms with E-state index in [9.17, 15) is 0 Å². The van der Waals surface area contributed by atoms with Crippen molar-refractivity contribution in [1.82, 2.24) is 4.98 Å². The number of hydrogen-bond donors (Lipinski definition) is 1. The second-order valence-electron chi connectivity index (χ2n) is 4.88. The van der Waals surface area contributed by atoms with Crippen LogP contribution in [0.25, 0.3) is 0 Å². The topological polar surface area (TPSA) is 24.9 Å². The number of hydrogen-bond acceptors (Lipinski definition) is 2. The molecule has 0 radical (unpaired) electrons. The van der Waals surface area contributed by atoms with Gasteiger partial charge in [-0.25, -0.2) is 0 Å². The summed E-state index contributed by atoms with van der Waals surface area (Å²) in [6.07, 6.45) is 8.41. The molecular formula is C16H18N2. The molecule has 0 spiro atoms. The molecule has 18 heavy (non-hydrogen) atoms. The Balaban J connectivity index is 1.70. The Morgan fingerprint density at radius 3 is 2.94 bits per heavy atom. The zero-order chi connectivity index (χ0) is 12.2. The van der Waals surface area contributed by atoms with Crippen molar-refractivity contribution < 1.29 is 0 Å². The molecule has 0 saturated carbocycles. The molecule has 0 bridgehead atoms. The summed E-state index contributed by atoms with van der Waals surface area (Å²) in [6, 6.07) is 11.0. The molecule has 2 nitrogen and oxygen atoms in total. The standard InChI is InChI=1S/C16H18N2/c1-3-14(12-17-9-1)6-5-13-7-8-16-15(11-13)4-2-10-18-16/h1,3,7-9,11-12,18H,2,4-6,10H2. The molecule has 0 saturated heterocycles. The van der Waals surface area contributed by atoms with Gasteiger partial charge in [0.1, 0.15) is 0 Å². The van der Waals surface area contributed by atoms with Gasteiger partial charge >= 0.3 is 0 Å². The highest BCUT2D eigenvalue weighted by atomic mass is 14.9. The van der Waals surface area contributed by atoms with Gasteiger partial charge < -0.3 is 5.32 Å². The van der Waals surface area contributed by atoms with Crippen molar-refractivity contribution in [3.05, 3.63) is 59.4 Å². The summed E-state index contributed by atoms with van der Waals surface area (Å²) in [6.45, 7) is 1.11. The van der Waals surface area contributed by atoms with Crippen LogP contribution in [0.3, 0.4) is 0 Å². The minimum Gasteiger partial charge on any atom is -0.385 e. The maximum Gasteiger partial charge on any atom is 0.0372 e. The summed E-state index contributed by atoms with van der Waals surface area (Å²) in [4.78, 5) is 4.16. The van der Waals surface area contributed by atoms with Gasteiger partial charge in [-0.2, -0.15) is 0 Å². The van der Waals surface area contributed by atoms with E-state index in [0.717, 1.165) is 19.4 Å². The minimum absolute atomic E-state index is 1.07. The predicted octanol–water partition coefficient (Wildman–Crippen LogP) is 3.22. The lowest BCUT2D eigenvalue weighted by Crippen LogP contribution is -2.11. The van der Waals surface area contributed by atoms with Crippen molar-refractivity contribution in [3.8, 4) is 0 Å². The highest BCUT2D eigenvalue weighted by Gasteiger charge is 2.08. The molecule has 92 valence electrons. The maximum absolute atomic E-state index is 4.16. The molecule has 2 aromatic rings.